The number of Topliss-reactive ketones (excluding diaryl/α,β-unsaturated/α-hetero) is 1. The smallest absolute Gasteiger partial charge is 0.328 e. The van der Waals surface area contributed by atoms with Gasteiger partial charge in [0.2, 0.25) is 0 Å². The van der Waals surface area contributed by atoms with Gasteiger partial charge in [0, 0.05) is 64.7 Å². The van der Waals surface area contributed by atoms with Crippen molar-refractivity contribution in [2.24, 2.45) is 4.99 Å². The third kappa shape index (κ3) is 6.38. The first-order valence-electron chi connectivity index (χ1n) is 12.9. The molecule has 39 heavy (non-hydrogen) atoms. The number of aliphatic imine (C=N–C) groups is 1. The fourth-order valence-electron chi connectivity index (χ4n) is 4.65. The predicted molar refractivity (Wildman–Crippen MR) is 153 cm³/mol. The van der Waals surface area contributed by atoms with Crippen LogP contribution < -0.4 is 4.74 Å². The molecule has 0 aliphatic carbocycles. The number of carboxylic acids is 1. The SMILES string of the molecule is CC(CC(=O)c1cccnc1)=NC(Cc1ccc(OCCc2ccc3c(c2)[nH]c2ccccc23)cc1)C(=O)O. The predicted octanol–water partition coefficient (Wildman–Crippen LogP) is 6.07. The van der Waals surface area contributed by atoms with E-state index in [9.17, 15) is 14.7 Å². The zero-order chi connectivity index (χ0) is 27.2. The molecule has 1 unspecified atom stereocenters. The second-order valence-corrected chi connectivity index (χ2v) is 9.56. The number of hydrogen-bond acceptors (Lipinski definition) is 5. The van der Waals surface area contributed by atoms with E-state index in [0.29, 0.717) is 17.9 Å². The number of rotatable bonds is 11. The minimum Gasteiger partial charge on any atom is -0.493 e. The summed E-state index contributed by atoms with van der Waals surface area (Å²) in [4.78, 5) is 36.0. The highest BCUT2D eigenvalue weighted by Gasteiger charge is 2.18. The lowest BCUT2D eigenvalue weighted by Crippen LogP contribution is -2.22. The Hall–Kier alpha value is -4.78. The summed E-state index contributed by atoms with van der Waals surface area (Å²) in [6, 6.07) is 24.5. The molecule has 0 fully saturated rings. The van der Waals surface area contributed by atoms with Gasteiger partial charge in [-0.15, -0.1) is 0 Å². The first kappa shape index (κ1) is 25.9. The van der Waals surface area contributed by atoms with E-state index < -0.39 is 12.0 Å². The minimum atomic E-state index is -1.03. The molecule has 5 rings (SSSR count). The normalized spacial score (nSPS) is 12.5. The molecule has 0 radical (unpaired) electrons. The molecule has 2 aromatic heterocycles. The first-order valence-corrected chi connectivity index (χ1v) is 12.9. The Morgan fingerprint density at radius 2 is 1.72 bits per heavy atom. The van der Waals surface area contributed by atoms with Gasteiger partial charge in [0.25, 0.3) is 0 Å². The molecule has 0 amide bonds. The van der Waals surface area contributed by atoms with Crippen molar-refractivity contribution in [3.8, 4) is 5.75 Å². The van der Waals surface area contributed by atoms with E-state index in [0.717, 1.165) is 28.8 Å². The van der Waals surface area contributed by atoms with Crippen molar-refractivity contribution < 1.29 is 19.4 Å². The van der Waals surface area contributed by atoms with Gasteiger partial charge in [-0.2, -0.15) is 0 Å². The number of ketones is 1. The van der Waals surface area contributed by atoms with Gasteiger partial charge in [0.15, 0.2) is 11.8 Å². The van der Waals surface area contributed by atoms with Crippen LogP contribution in [0.25, 0.3) is 21.8 Å². The summed E-state index contributed by atoms with van der Waals surface area (Å²) >= 11 is 0. The summed E-state index contributed by atoms with van der Waals surface area (Å²) in [5.74, 6) is -0.453. The van der Waals surface area contributed by atoms with E-state index in [1.807, 2.05) is 36.4 Å². The molecule has 3 aromatic carbocycles. The largest absolute Gasteiger partial charge is 0.493 e. The fraction of sp³-hybridized carbons (Fsp3) is 0.188. The highest BCUT2D eigenvalue weighted by Crippen LogP contribution is 2.26. The fourth-order valence-corrected chi connectivity index (χ4v) is 4.65. The van der Waals surface area contributed by atoms with Crippen molar-refractivity contribution in [3.63, 3.8) is 0 Å². The topological polar surface area (TPSA) is 105 Å². The number of nitrogens with one attached hydrogen (secondary N) is 1. The van der Waals surface area contributed by atoms with Gasteiger partial charge in [0.05, 0.1) is 6.61 Å². The third-order valence-electron chi connectivity index (χ3n) is 6.64. The summed E-state index contributed by atoms with van der Waals surface area (Å²) in [6.45, 7) is 2.20. The summed E-state index contributed by atoms with van der Waals surface area (Å²) in [6.07, 6.45) is 4.13. The van der Waals surface area contributed by atoms with E-state index >= 15 is 0 Å². The van der Waals surface area contributed by atoms with Gasteiger partial charge in [-0.1, -0.05) is 42.5 Å². The zero-order valence-electron chi connectivity index (χ0n) is 21.6. The van der Waals surface area contributed by atoms with Gasteiger partial charge >= 0.3 is 5.97 Å². The van der Waals surface area contributed by atoms with Crippen molar-refractivity contribution in [1.29, 1.82) is 0 Å². The van der Waals surface area contributed by atoms with E-state index in [2.05, 4.69) is 45.3 Å². The Kier molecular flexibility index (Phi) is 7.78. The Balaban J connectivity index is 1.15. The van der Waals surface area contributed by atoms with Crippen molar-refractivity contribution in [1.82, 2.24) is 9.97 Å². The van der Waals surface area contributed by atoms with Crippen LogP contribution in [0.15, 0.2) is 96.2 Å². The number of aromatic amines is 1. The lowest BCUT2D eigenvalue weighted by Gasteiger charge is -2.11. The van der Waals surface area contributed by atoms with Crippen LogP contribution in [0.3, 0.4) is 0 Å². The minimum absolute atomic E-state index is 0.0511. The molecule has 2 heterocycles. The number of ether oxygens (including phenoxy) is 1. The van der Waals surface area contributed by atoms with Crippen LogP contribution >= 0.6 is 0 Å². The Morgan fingerprint density at radius 3 is 2.49 bits per heavy atom. The second kappa shape index (κ2) is 11.7. The van der Waals surface area contributed by atoms with Gasteiger partial charge in [-0.05, 0) is 54.4 Å². The third-order valence-corrected chi connectivity index (χ3v) is 6.64. The molecule has 7 heteroatoms. The number of benzene rings is 3. The van der Waals surface area contributed by atoms with Crippen molar-refractivity contribution in [3.05, 3.63) is 108 Å². The second-order valence-electron chi connectivity index (χ2n) is 9.56. The number of pyridine rings is 1. The van der Waals surface area contributed by atoms with E-state index in [1.165, 1.54) is 22.5 Å². The number of aromatic nitrogens is 2. The van der Waals surface area contributed by atoms with E-state index in [4.69, 9.17) is 4.74 Å². The standard InChI is InChI=1S/C32H29N3O4/c1-21(17-31(36)24-5-4-15-33-20-24)34-30(32(37)38)19-22-8-11-25(12-9-22)39-16-14-23-10-13-27-26-6-2-3-7-28(26)35-29(27)18-23/h2-13,15,18,20,30,35H,14,16-17,19H2,1H3,(H,37,38). The maximum atomic E-state index is 12.4. The summed E-state index contributed by atoms with van der Waals surface area (Å²) in [7, 11) is 0. The average Bonchev–Trinajstić information content (AvgIpc) is 3.32. The lowest BCUT2D eigenvalue weighted by molar-refractivity contribution is -0.138. The van der Waals surface area contributed by atoms with Crippen LogP contribution in [0.1, 0.15) is 34.8 Å². The number of carboxylic acid groups (broad SMARTS) is 1. The molecule has 196 valence electrons. The Morgan fingerprint density at radius 1 is 0.949 bits per heavy atom. The molecule has 0 saturated heterocycles. The summed E-state index contributed by atoms with van der Waals surface area (Å²) in [5, 5.41) is 12.1. The number of para-hydroxylation sites is 1. The van der Waals surface area contributed by atoms with Crippen LogP contribution in [0.4, 0.5) is 0 Å². The average molecular weight is 520 g/mol. The summed E-state index contributed by atoms with van der Waals surface area (Å²) in [5.41, 5.74) is 5.21. The van der Waals surface area contributed by atoms with Crippen LogP contribution in [0.2, 0.25) is 0 Å². The molecule has 0 aliphatic heterocycles. The highest BCUT2D eigenvalue weighted by molar-refractivity contribution is 6.09. The van der Waals surface area contributed by atoms with Crippen molar-refractivity contribution in [2.45, 2.75) is 32.2 Å². The van der Waals surface area contributed by atoms with Gasteiger partial charge in [-0.3, -0.25) is 14.8 Å². The molecule has 2 N–H and O–H groups in total. The van der Waals surface area contributed by atoms with Crippen LogP contribution in [0.5, 0.6) is 5.75 Å². The lowest BCUT2D eigenvalue weighted by atomic mass is 10.0. The molecule has 0 saturated carbocycles. The molecule has 5 aromatic rings. The maximum Gasteiger partial charge on any atom is 0.328 e. The monoisotopic (exact) mass is 519 g/mol. The quantitative estimate of drug-likeness (QED) is 0.163. The highest BCUT2D eigenvalue weighted by atomic mass is 16.5. The number of fused-ring (bicyclic) bond motifs is 3. The molecule has 0 bridgehead atoms. The molecular formula is C32H29N3O4. The molecule has 0 aliphatic rings. The number of aliphatic carboxylic acids is 1. The van der Waals surface area contributed by atoms with E-state index in [-0.39, 0.29) is 18.6 Å². The maximum absolute atomic E-state index is 12.4. The molecule has 7 nitrogen and oxygen atoms in total. The van der Waals surface area contributed by atoms with Gasteiger partial charge < -0.3 is 14.8 Å². The molecule has 0 spiro atoms. The number of H-pyrrole nitrogens is 1. The molecule has 1 atom stereocenters. The van der Waals surface area contributed by atoms with Crippen molar-refractivity contribution >= 4 is 39.3 Å². The van der Waals surface area contributed by atoms with Crippen LogP contribution in [0, 0.1) is 0 Å². The van der Waals surface area contributed by atoms with Crippen molar-refractivity contribution in [2.75, 3.05) is 6.61 Å². The Labute approximate surface area is 226 Å². The number of carbonyl (C=O) groups excluding carboxylic acids is 1. The first-order chi connectivity index (χ1) is 19.0. The number of carbonyl (C=O) groups is 2. The van der Waals surface area contributed by atoms with Gasteiger partial charge in [0.1, 0.15) is 5.75 Å². The number of hydrogen-bond donors (Lipinski definition) is 2. The number of nitrogens with zero attached hydrogens (tertiary/aromatic N) is 2. The zero-order valence-corrected chi connectivity index (χ0v) is 21.6. The van der Waals surface area contributed by atoms with Crippen LogP contribution in [-0.4, -0.2) is 45.2 Å². The van der Waals surface area contributed by atoms with E-state index in [1.54, 1.807) is 25.3 Å². The van der Waals surface area contributed by atoms with Gasteiger partial charge in [-0.25, -0.2) is 4.79 Å². The molecular weight excluding hydrogens is 490 g/mol. The van der Waals surface area contributed by atoms with Crippen LogP contribution in [-0.2, 0) is 17.6 Å². The Bertz CT molecular complexity index is 1640. The summed E-state index contributed by atoms with van der Waals surface area (Å²) < 4.78 is 5.94.